The fourth-order valence-electron chi connectivity index (χ4n) is 2.52. The number of carbonyl (C=O) groups excluding carboxylic acids is 1. The summed E-state index contributed by atoms with van der Waals surface area (Å²) in [5.74, 6) is 0.158. The third-order valence-corrected chi connectivity index (χ3v) is 4.02. The SMILES string of the molecule is CCOCC(C)OCC(NC1CC1)(C(=O)OC)C1CC1. The van der Waals surface area contributed by atoms with Gasteiger partial charge in [-0.15, -0.1) is 0 Å². The van der Waals surface area contributed by atoms with Gasteiger partial charge in [0.05, 0.1) is 26.4 Å². The summed E-state index contributed by atoms with van der Waals surface area (Å²) < 4.78 is 16.3. The van der Waals surface area contributed by atoms with Crippen LogP contribution in [0, 0.1) is 5.92 Å². The fraction of sp³-hybridized carbons (Fsp3) is 0.933. The van der Waals surface area contributed by atoms with Crippen LogP contribution in [0.5, 0.6) is 0 Å². The Balaban J connectivity index is 1.95. The smallest absolute Gasteiger partial charge is 0.328 e. The summed E-state index contributed by atoms with van der Waals surface area (Å²) in [7, 11) is 1.46. The molecular weight excluding hydrogens is 258 g/mol. The van der Waals surface area contributed by atoms with Gasteiger partial charge in [0.25, 0.3) is 0 Å². The molecule has 0 aromatic carbocycles. The van der Waals surface area contributed by atoms with E-state index in [0.717, 1.165) is 25.7 Å². The van der Waals surface area contributed by atoms with Gasteiger partial charge in [0.2, 0.25) is 0 Å². The van der Waals surface area contributed by atoms with Gasteiger partial charge < -0.3 is 14.2 Å². The van der Waals surface area contributed by atoms with Crippen LogP contribution in [-0.2, 0) is 19.0 Å². The lowest BCUT2D eigenvalue weighted by molar-refractivity contribution is -0.155. The van der Waals surface area contributed by atoms with Crippen LogP contribution in [0.3, 0.4) is 0 Å². The van der Waals surface area contributed by atoms with Crippen molar-refractivity contribution in [3.63, 3.8) is 0 Å². The zero-order valence-electron chi connectivity index (χ0n) is 12.8. The molecule has 2 atom stereocenters. The van der Waals surface area contributed by atoms with E-state index < -0.39 is 5.54 Å². The summed E-state index contributed by atoms with van der Waals surface area (Å²) >= 11 is 0. The molecule has 0 heterocycles. The van der Waals surface area contributed by atoms with E-state index in [1.807, 2.05) is 13.8 Å². The second kappa shape index (κ2) is 6.87. The van der Waals surface area contributed by atoms with Gasteiger partial charge in [0.1, 0.15) is 5.54 Å². The van der Waals surface area contributed by atoms with Gasteiger partial charge in [0, 0.05) is 12.6 Å². The molecular formula is C15H27NO4. The maximum Gasteiger partial charge on any atom is 0.328 e. The van der Waals surface area contributed by atoms with E-state index in [1.54, 1.807) is 0 Å². The molecule has 5 heteroatoms. The Labute approximate surface area is 121 Å². The average molecular weight is 285 g/mol. The van der Waals surface area contributed by atoms with Crippen LogP contribution in [0.25, 0.3) is 0 Å². The quantitative estimate of drug-likeness (QED) is 0.617. The molecule has 2 unspecified atom stereocenters. The van der Waals surface area contributed by atoms with Crippen molar-refractivity contribution >= 4 is 5.97 Å². The number of hydrogen-bond acceptors (Lipinski definition) is 5. The summed E-state index contributed by atoms with van der Waals surface area (Å²) in [4.78, 5) is 12.3. The lowest BCUT2D eigenvalue weighted by Crippen LogP contribution is -2.59. The molecule has 0 aliphatic heterocycles. The minimum absolute atomic E-state index is 0.0151. The molecule has 116 valence electrons. The van der Waals surface area contributed by atoms with E-state index >= 15 is 0 Å². The molecule has 5 nitrogen and oxygen atoms in total. The van der Waals surface area contributed by atoms with Gasteiger partial charge in [-0.2, -0.15) is 0 Å². The van der Waals surface area contributed by atoms with Crippen molar-refractivity contribution in [2.24, 2.45) is 5.92 Å². The summed E-state index contributed by atoms with van der Waals surface area (Å²) in [5.41, 5.74) is -0.656. The topological polar surface area (TPSA) is 56.8 Å². The molecule has 20 heavy (non-hydrogen) atoms. The first-order valence-corrected chi connectivity index (χ1v) is 7.67. The lowest BCUT2D eigenvalue weighted by Gasteiger charge is -2.33. The first kappa shape index (κ1) is 15.7. The standard InChI is InChI=1S/C15H27NO4/c1-4-19-9-11(2)20-10-15(12-5-6-12,14(17)18-3)16-13-7-8-13/h11-13,16H,4-10H2,1-3H3. The molecule has 2 saturated carbocycles. The summed E-state index contributed by atoms with van der Waals surface area (Å²) in [5, 5.41) is 3.49. The molecule has 2 fully saturated rings. The minimum Gasteiger partial charge on any atom is -0.468 e. The van der Waals surface area contributed by atoms with Crippen molar-refractivity contribution < 1.29 is 19.0 Å². The predicted molar refractivity (Wildman–Crippen MR) is 75.5 cm³/mol. The van der Waals surface area contributed by atoms with E-state index in [4.69, 9.17) is 14.2 Å². The summed E-state index contributed by atoms with van der Waals surface area (Å²) in [6, 6.07) is 0.445. The molecule has 0 aromatic heterocycles. The van der Waals surface area contributed by atoms with Crippen LogP contribution in [0.2, 0.25) is 0 Å². The zero-order valence-corrected chi connectivity index (χ0v) is 12.8. The molecule has 0 amide bonds. The molecule has 0 radical (unpaired) electrons. The molecule has 0 spiro atoms. The third kappa shape index (κ3) is 3.93. The van der Waals surface area contributed by atoms with E-state index in [1.165, 1.54) is 7.11 Å². The molecule has 2 aliphatic rings. The largest absolute Gasteiger partial charge is 0.468 e. The maximum atomic E-state index is 12.3. The van der Waals surface area contributed by atoms with Gasteiger partial charge in [-0.1, -0.05) is 0 Å². The Morgan fingerprint density at radius 1 is 1.35 bits per heavy atom. The second-order valence-corrected chi connectivity index (χ2v) is 5.94. The zero-order chi connectivity index (χ0) is 14.6. The van der Waals surface area contributed by atoms with Crippen molar-refractivity contribution in [2.45, 2.75) is 57.2 Å². The number of ether oxygens (including phenoxy) is 3. The number of hydrogen-bond donors (Lipinski definition) is 1. The first-order valence-electron chi connectivity index (χ1n) is 7.67. The molecule has 0 aromatic rings. The van der Waals surface area contributed by atoms with E-state index in [9.17, 15) is 4.79 Å². The number of esters is 1. The summed E-state index contributed by atoms with van der Waals surface area (Å²) in [6.07, 6.45) is 4.40. The second-order valence-electron chi connectivity index (χ2n) is 5.94. The predicted octanol–water partition coefficient (Wildman–Crippen LogP) is 1.50. The van der Waals surface area contributed by atoms with Crippen LogP contribution < -0.4 is 5.32 Å². The van der Waals surface area contributed by atoms with Crippen LogP contribution in [0.1, 0.15) is 39.5 Å². The van der Waals surface area contributed by atoms with Crippen molar-refractivity contribution in [3.8, 4) is 0 Å². The highest BCUT2D eigenvalue weighted by Crippen LogP contribution is 2.42. The Bertz CT molecular complexity index is 328. The van der Waals surface area contributed by atoms with Crippen LogP contribution >= 0.6 is 0 Å². The fourth-order valence-corrected chi connectivity index (χ4v) is 2.52. The van der Waals surface area contributed by atoms with Crippen LogP contribution in [0.15, 0.2) is 0 Å². The van der Waals surface area contributed by atoms with E-state index in [0.29, 0.717) is 31.8 Å². The Kier molecular flexibility index (Phi) is 5.41. The van der Waals surface area contributed by atoms with Gasteiger partial charge >= 0.3 is 5.97 Å². The van der Waals surface area contributed by atoms with Gasteiger partial charge in [-0.3, -0.25) is 5.32 Å². The molecule has 0 saturated heterocycles. The van der Waals surface area contributed by atoms with Gasteiger partial charge in [0.15, 0.2) is 0 Å². The van der Waals surface area contributed by atoms with Crippen molar-refractivity contribution in [1.82, 2.24) is 5.32 Å². The Morgan fingerprint density at radius 2 is 2.05 bits per heavy atom. The minimum atomic E-state index is -0.656. The number of nitrogens with one attached hydrogen (secondary N) is 1. The highest BCUT2D eigenvalue weighted by atomic mass is 16.5. The molecule has 1 N–H and O–H groups in total. The molecule has 2 rings (SSSR count). The molecule has 2 aliphatic carbocycles. The third-order valence-electron chi connectivity index (χ3n) is 4.02. The van der Waals surface area contributed by atoms with Crippen molar-refractivity contribution in [3.05, 3.63) is 0 Å². The number of carbonyl (C=O) groups is 1. The number of methoxy groups -OCH3 is 1. The Morgan fingerprint density at radius 3 is 2.55 bits per heavy atom. The van der Waals surface area contributed by atoms with Crippen molar-refractivity contribution in [2.75, 3.05) is 26.9 Å². The van der Waals surface area contributed by atoms with Gasteiger partial charge in [-0.05, 0) is 45.4 Å². The average Bonchev–Trinajstić information content (AvgIpc) is 3.32. The highest BCUT2D eigenvalue weighted by Gasteiger charge is 2.54. The monoisotopic (exact) mass is 285 g/mol. The molecule has 0 bridgehead atoms. The number of rotatable bonds is 10. The van der Waals surface area contributed by atoms with E-state index in [-0.39, 0.29) is 12.1 Å². The Hall–Kier alpha value is -0.650. The van der Waals surface area contributed by atoms with Crippen LogP contribution in [0.4, 0.5) is 0 Å². The maximum absolute atomic E-state index is 12.3. The van der Waals surface area contributed by atoms with Crippen LogP contribution in [-0.4, -0.2) is 50.6 Å². The normalized spacial score (nSPS) is 23.1. The summed E-state index contributed by atoms with van der Waals surface area (Å²) in [6.45, 7) is 5.54. The lowest BCUT2D eigenvalue weighted by atomic mass is 9.93. The van der Waals surface area contributed by atoms with E-state index in [2.05, 4.69) is 5.32 Å². The highest BCUT2D eigenvalue weighted by molar-refractivity contribution is 5.82. The van der Waals surface area contributed by atoms with Crippen molar-refractivity contribution in [1.29, 1.82) is 0 Å². The first-order chi connectivity index (χ1) is 9.62. The van der Waals surface area contributed by atoms with Gasteiger partial charge in [-0.25, -0.2) is 4.79 Å².